The molecule has 2 aromatic carbocycles. The molecule has 0 unspecified atom stereocenters. The van der Waals surface area contributed by atoms with Crippen molar-refractivity contribution in [3.05, 3.63) is 54.1 Å². The fraction of sp³-hybridized carbons (Fsp3) is 0.360. The van der Waals surface area contributed by atoms with Gasteiger partial charge in [0.2, 0.25) is 0 Å². The Morgan fingerprint density at radius 2 is 1.77 bits per heavy atom. The second kappa shape index (κ2) is 10.7. The number of carboxylic acids is 1. The average Bonchev–Trinajstić information content (AvgIpc) is 3.21. The van der Waals surface area contributed by atoms with Gasteiger partial charge in [-0.1, -0.05) is 38.8 Å². The Morgan fingerprint density at radius 1 is 1.00 bits per heavy atom. The molecule has 3 aromatic rings. The topological polar surface area (TPSA) is 73.6 Å². The minimum atomic E-state index is -0.975. The van der Waals surface area contributed by atoms with Crippen LogP contribution in [0.3, 0.4) is 0 Å². The molecule has 0 atom stereocenters. The third-order valence-electron chi connectivity index (χ3n) is 5.14. The van der Waals surface area contributed by atoms with E-state index in [9.17, 15) is 9.90 Å². The fourth-order valence-electron chi connectivity index (χ4n) is 3.42. The third kappa shape index (κ3) is 5.26. The van der Waals surface area contributed by atoms with Crippen molar-refractivity contribution < 1.29 is 19.4 Å². The van der Waals surface area contributed by atoms with Gasteiger partial charge in [0.05, 0.1) is 30.7 Å². The molecule has 0 amide bonds. The van der Waals surface area contributed by atoms with Crippen molar-refractivity contribution in [3.8, 4) is 34.0 Å². The van der Waals surface area contributed by atoms with Crippen molar-refractivity contribution in [1.82, 2.24) is 9.78 Å². The number of rotatable bonds is 11. The molecule has 0 radical (unpaired) electrons. The number of aromatic nitrogens is 2. The lowest BCUT2D eigenvalue weighted by molar-refractivity contribution is 0.0697. The molecule has 0 aliphatic carbocycles. The molecular weight excluding hydrogens is 392 g/mol. The molecule has 0 aliphatic heterocycles. The zero-order valence-electron chi connectivity index (χ0n) is 18.4. The largest absolute Gasteiger partial charge is 0.496 e. The third-order valence-corrected chi connectivity index (χ3v) is 5.14. The lowest BCUT2D eigenvalue weighted by Crippen LogP contribution is -2.04. The summed E-state index contributed by atoms with van der Waals surface area (Å²) >= 11 is 0. The van der Waals surface area contributed by atoms with Gasteiger partial charge in [-0.05, 0) is 49.2 Å². The number of para-hydroxylation sites is 1. The quantitative estimate of drug-likeness (QED) is 0.389. The normalized spacial score (nSPS) is 10.8. The number of aromatic carboxylic acids is 1. The van der Waals surface area contributed by atoms with Crippen LogP contribution < -0.4 is 9.47 Å². The minimum Gasteiger partial charge on any atom is -0.496 e. The van der Waals surface area contributed by atoms with Crippen LogP contribution >= 0.6 is 0 Å². The molecule has 0 fully saturated rings. The summed E-state index contributed by atoms with van der Waals surface area (Å²) in [5.74, 6) is 0.437. The van der Waals surface area contributed by atoms with E-state index < -0.39 is 5.97 Å². The highest BCUT2D eigenvalue weighted by Gasteiger charge is 2.19. The van der Waals surface area contributed by atoms with Crippen LogP contribution in [0.5, 0.6) is 11.5 Å². The maximum absolute atomic E-state index is 11.6. The van der Waals surface area contributed by atoms with Crippen molar-refractivity contribution in [2.24, 2.45) is 0 Å². The van der Waals surface area contributed by atoms with Crippen molar-refractivity contribution in [2.75, 3.05) is 13.7 Å². The molecule has 31 heavy (non-hydrogen) atoms. The summed E-state index contributed by atoms with van der Waals surface area (Å²) in [6.07, 6.45) is 3.97. The Morgan fingerprint density at radius 3 is 2.48 bits per heavy atom. The number of methoxy groups -OCH3 is 1. The van der Waals surface area contributed by atoms with Gasteiger partial charge in [-0.2, -0.15) is 5.10 Å². The predicted octanol–water partition coefficient (Wildman–Crippen LogP) is 5.90. The number of nitrogens with zero attached hydrogens (tertiary/aromatic N) is 2. The van der Waals surface area contributed by atoms with E-state index in [0.717, 1.165) is 49.2 Å². The lowest BCUT2D eigenvalue weighted by atomic mass is 10.0. The molecule has 0 spiro atoms. The van der Waals surface area contributed by atoms with Crippen LogP contribution in [0.2, 0.25) is 0 Å². The van der Waals surface area contributed by atoms with E-state index in [1.807, 2.05) is 35.0 Å². The molecule has 0 aliphatic rings. The van der Waals surface area contributed by atoms with Gasteiger partial charge in [0, 0.05) is 17.7 Å². The second-order valence-electron chi connectivity index (χ2n) is 7.41. The number of aryl methyl sites for hydroxylation is 1. The van der Waals surface area contributed by atoms with Gasteiger partial charge in [-0.25, -0.2) is 4.79 Å². The summed E-state index contributed by atoms with van der Waals surface area (Å²) in [4.78, 5) is 11.6. The first-order chi connectivity index (χ1) is 15.1. The highest BCUT2D eigenvalue weighted by molar-refractivity contribution is 5.90. The number of benzene rings is 2. The Bertz CT molecular complexity index is 1030. The molecular formula is C25H30N2O4. The highest BCUT2D eigenvalue weighted by Crippen LogP contribution is 2.36. The molecule has 0 saturated heterocycles. The fourth-order valence-corrected chi connectivity index (χ4v) is 3.42. The van der Waals surface area contributed by atoms with Gasteiger partial charge < -0.3 is 14.6 Å². The van der Waals surface area contributed by atoms with Crippen molar-refractivity contribution in [3.63, 3.8) is 0 Å². The molecule has 1 heterocycles. The summed E-state index contributed by atoms with van der Waals surface area (Å²) < 4.78 is 13.5. The van der Waals surface area contributed by atoms with E-state index in [1.54, 1.807) is 25.3 Å². The first kappa shape index (κ1) is 22.4. The van der Waals surface area contributed by atoms with E-state index in [2.05, 4.69) is 13.8 Å². The van der Waals surface area contributed by atoms with Gasteiger partial charge in [-0.15, -0.1) is 0 Å². The smallest absolute Gasteiger partial charge is 0.335 e. The summed E-state index contributed by atoms with van der Waals surface area (Å²) in [6, 6.07) is 14.8. The SMILES string of the molecule is CCCCOc1ccc(C(=O)O)cc1-c1cc(-c2ccccc2OC)n(CCCC)n1. The number of hydrogen-bond donors (Lipinski definition) is 1. The van der Waals surface area contributed by atoms with Crippen molar-refractivity contribution >= 4 is 5.97 Å². The predicted molar refractivity (Wildman–Crippen MR) is 122 cm³/mol. The van der Waals surface area contributed by atoms with Gasteiger partial charge in [0.1, 0.15) is 11.5 Å². The maximum atomic E-state index is 11.6. The average molecular weight is 423 g/mol. The minimum absolute atomic E-state index is 0.208. The van der Waals surface area contributed by atoms with Crippen molar-refractivity contribution in [1.29, 1.82) is 0 Å². The van der Waals surface area contributed by atoms with E-state index in [4.69, 9.17) is 14.6 Å². The summed E-state index contributed by atoms with van der Waals surface area (Å²) in [5.41, 5.74) is 3.46. The molecule has 164 valence electrons. The molecule has 0 bridgehead atoms. The summed E-state index contributed by atoms with van der Waals surface area (Å²) in [6.45, 7) is 5.58. The summed E-state index contributed by atoms with van der Waals surface area (Å²) in [5, 5.41) is 14.3. The van der Waals surface area contributed by atoms with Crippen LogP contribution in [-0.4, -0.2) is 34.6 Å². The standard InChI is InChI=1S/C25H30N2O4/c1-4-6-14-27-22(19-10-8-9-11-23(19)30-3)17-21(26-27)20-16-18(25(28)29)12-13-24(20)31-15-7-5-2/h8-13,16-17H,4-7,14-15H2,1-3H3,(H,28,29). The molecule has 3 rings (SSSR count). The van der Waals surface area contributed by atoms with E-state index in [-0.39, 0.29) is 5.56 Å². The van der Waals surface area contributed by atoms with Crippen LogP contribution in [0.4, 0.5) is 0 Å². The molecule has 1 N–H and O–H groups in total. The van der Waals surface area contributed by atoms with Crippen LogP contribution in [0.1, 0.15) is 49.9 Å². The number of carboxylic acid groups (broad SMARTS) is 1. The number of carbonyl (C=O) groups is 1. The molecule has 6 heteroatoms. The van der Waals surface area contributed by atoms with E-state index in [1.165, 1.54) is 0 Å². The van der Waals surface area contributed by atoms with Gasteiger partial charge in [0.25, 0.3) is 0 Å². The molecule has 1 aromatic heterocycles. The Labute approximate surface area is 183 Å². The molecule has 0 saturated carbocycles. The van der Waals surface area contributed by atoms with Crippen LogP contribution in [0.25, 0.3) is 22.5 Å². The Hall–Kier alpha value is -3.28. The van der Waals surface area contributed by atoms with Crippen LogP contribution in [-0.2, 0) is 6.54 Å². The van der Waals surface area contributed by atoms with E-state index >= 15 is 0 Å². The van der Waals surface area contributed by atoms with Crippen LogP contribution in [0.15, 0.2) is 48.5 Å². The van der Waals surface area contributed by atoms with Gasteiger partial charge in [0.15, 0.2) is 0 Å². The van der Waals surface area contributed by atoms with E-state index in [0.29, 0.717) is 23.6 Å². The summed E-state index contributed by atoms with van der Waals surface area (Å²) in [7, 11) is 1.66. The zero-order valence-corrected chi connectivity index (χ0v) is 18.4. The Kier molecular flexibility index (Phi) is 7.70. The highest BCUT2D eigenvalue weighted by atomic mass is 16.5. The maximum Gasteiger partial charge on any atom is 0.335 e. The monoisotopic (exact) mass is 422 g/mol. The number of hydrogen-bond acceptors (Lipinski definition) is 4. The number of ether oxygens (including phenoxy) is 2. The lowest BCUT2D eigenvalue weighted by Gasteiger charge is -2.11. The molecule has 6 nitrogen and oxygen atoms in total. The van der Waals surface area contributed by atoms with Crippen molar-refractivity contribution in [2.45, 2.75) is 46.1 Å². The van der Waals surface area contributed by atoms with Gasteiger partial charge >= 0.3 is 5.97 Å². The zero-order chi connectivity index (χ0) is 22.2. The first-order valence-corrected chi connectivity index (χ1v) is 10.8. The van der Waals surface area contributed by atoms with Gasteiger partial charge in [-0.3, -0.25) is 4.68 Å². The second-order valence-corrected chi connectivity index (χ2v) is 7.41. The number of unbranched alkanes of at least 4 members (excludes halogenated alkanes) is 2. The Balaban J connectivity index is 2.12. The first-order valence-electron chi connectivity index (χ1n) is 10.8. The van der Waals surface area contributed by atoms with Crippen LogP contribution in [0, 0.1) is 0 Å².